The zero-order chi connectivity index (χ0) is 11.0. The van der Waals surface area contributed by atoms with Crippen molar-refractivity contribution in [3.63, 3.8) is 0 Å². The van der Waals surface area contributed by atoms with Crippen LogP contribution in [0.3, 0.4) is 0 Å². The number of piperazine rings is 1. The van der Waals surface area contributed by atoms with Gasteiger partial charge in [0.15, 0.2) is 5.13 Å². The molecule has 0 atom stereocenters. The fourth-order valence-corrected chi connectivity index (χ4v) is 3.19. The predicted octanol–water partition coefficient (Wildman–Crippen LogP) is 1.86. The second-order valence-corrected chi connectivity index (χ2v) is 5.46. The van der Waals surface area contributed by atoms with Crippen molar-refractivity contribution in [1.29, 1.82) is 0 Å². The highest BCUT2D eigenvalue weighted by molar-refractivity contribution is 9.10. The lowest BCUT2D eigenvalue weighted by Gasteiger charge is -2.26. The Balaban J connectivity index is 1.97. The Morgan fingerprint density at radius 2 is 2.06 bits per heavy atom. The molecule has 0 aliphatic carbocycles. The average Bonchev–Trinajstić information content (AvgIpc) is 2.73. The van der Waals surface area contributed by atoms with Gasteiger partial charge in [-0.1, -0.05) is 11.3 Å². The van der Waals surface area contributed by atoms with Crippen LogP contribution in [0.4, 0.5) is 5.13 Å². The van der Waals surface area contributed by atoms with Crippen LogP contribution in [0.5, 0.6) is 0 Å². The number of halogens is 1. The quantitative estimate of drug-likeness (QED) is 0.816. The molecule has 0 spiro atoms. The van der Waals surface area contributed by atoms with Gasteiger partial charge in [0.2, 0.25) is 0 Å². The van der Waals surface area contributed by atoms with Crippen LogP contribution in [0.25, 0.3) is 10.3 Å². The predicted molar refractivity (Wildman–Crippen MR) is 70.2 cm³/mol. The molecule has 1 N–H and O–H groups in total. The number of thiazole rings is 1. The van der Waals surface area contributed by atoms with Gasteiger partial charge in [0.05, 0.1) is 0 Å². The molecule has 0 saturated carbocycles. The number of nitrogens with zero attached hydrogens (tertiary/aromatic N) is 3. The van der Waals surface area contributed by atoms with Crippen molar-refractivity contribution < 1.29 is 0 Å². The lowest BCUT2D eigenvalue weighted by molar-refractivity contribution is 0.588. The number of nitrogens with one attached hydrogen (secondary N) is 1. The molecule has 2 aromatic rings. The summed E-state index contributed by atoms with van der Waals surface area (Å²) in [6.45, 7) is 4.13. The van der Waals surface area contributed by atoms with Crippen LogP contribution in [0.15, 0.2) is 16.7 Å². The fourth-order valence-electron chi connectivity index (χ4n) is 1.77. The Kier molecular flexibility index (Phi) is 2.79. The average molecular weight is 299 g/mol. The Morgan fingerprint density at radius 1 is 1.25 bits per heavy atom. The van der Waals surface area contributed by atoms with E-state index >= 15 is 0 Å². The molecule has 3 heterocycles. The van der Waals surface area contributed by atoms with Gasteiger partial charge in [-0.25, -0.2) is 9.97 Å². The van der Waals surface area contributed by atoms with Crippen molar-refractivity contribution in [2.45, 2.75) is 0 Å². The van der Waals surface area contributed by atoms with E-state index in [1.165, 1.54) is 0 Å². The van der Waals surface area contributed by atoms with Crippen LogP contribution >= 0.6 is 27.3 Å². The molecule has 0 radical (unpaired) electrons. The minimum atomic E-state index is 0.871. The first-order valence-corrected chi connectivity index (χ1v) is 6.83. The molecule has 1 saturated heterocycles. The van der Waals surface area contributed by atoms with Gasteiger partial charge in [0.25, 0.3) is 0 Å². The number of anilines is 1. The van der Waals surface area contributed by atoms with E-state index in [9.17, 15) is 0 Å². The maximum Gasteiger partial charge on any atom is 0.188 e. The van der Waals surface area contributed by atoms with Gasteiger partial charge in [-0.2, -0.15) is 0 Å². The summed E-state index contributed by atoms with van der Waals surface area (Å²) in [5, 5.41) is 4.42. The van der Waals surface area contributed by atoms with Gasteiger partial charge < -0.3 is 10.2 Å². The first-order valence-electron chi connectivity index (χ1n) is 5.22. The third-order valence-corrected chi connectivity index (χ3v) is 4.07. The summed E-state index contributed by atoms with van der Waals surface area (Å²) >= 11 is 5.05. The molecule has 0 amide bonds. The topological polar surface area (TPSA) is 41.1 Å². The van der Waals surface area contributed by atoms with Gasteiger partial charge in [-0.3, -0.25) is 0 Å². The zero-order valence-corrected chi connectivity index (χ0v) is 11.0. The highest BCUT2D eigenvalue weighted by Crippen LogP contribution is 2.28. The van der Waals surface area contributed by atoms with E-state index < -0.39 is 0 Å². The van der Waals surface area contributed by atoms with Crippen LogP contribution in [0.1, 0.15) is 0 Å². The van der Waals surface area contributed by atoms with Crippen LogP contribution < -0.4 is 10.2 Å². The summed E-state index contributed by atoms with van der Waals surface area (Å²) in [4.78, 5) is 12.4. The molecule has 1 aliphatic rings. The third kappa shape index (κ3) is 1.92. The molecular formula is C10H11BrN4S. The zero-order valence-electron chi connectivity index (χ0n) is 8.61. The normalized spacial score (nSPS) is 16.9. The molecule has 0 bridgehead atoms. The SMILES string of the molecule is Brc1ccc2nc(N3CCNCC3)sc2n1. The number of aromatic nitrogens is 2. The van der Waals surface area contributed by atoms with Gasteiger partial charge in [-0.15, -0.1) is 0 Å². The largest absolute Gasteiger partial charge is 0.345 e. The van der Waals surface area contributed by atoms with Gasteiger partial charge in [0, 0.05) is 26.2 Å². The number of hydrogen-bond acceptors (Lipinski definition) is 5. The number of rotatable bonds is 1. The molecule has 1 aliphatic heterocycles. The number of hydrogen-bond donors (Lipinski definition) is 1. The lowest BCUT2D eigenvalue weighted by atomic mass is 10.4. The lowest BCUT2D eigenvalue weighted by Crippen LogP contribution is -2.43. The molecule has 2 aromatic heterocycles. The third-order valence-electron chi connectivity index (χ3n) is 2.60. The fraction of sp³-hybridized carbons (Fsp3) is 0.400. The summed E-state index contributed by atoms with van der Waals surface area (Å²) in [5.41, 5.74) is 0.988. The summed E-state index contributed by atoms with van der Waals surface area (Å²) in [5.74, 6) is 0. The standard InChI is InChI=1S/C10H11BrN4S/c11-8-2-1-7-9(14-8)16-10(13-7)15-5-3-12-4-6-15/h1-2,12H,3-6H2. The highest BCUT2D eigenvalue weighted by Gasteiger charge is 2.15. The van der Waals surface area contributed by atoms with Crippen molar-refractivity contribution in [2.24, 2.45) is 0 Å². The summed E-state index contributed by atoms with van der Waals surface area (Å²) < 4.78 is 0.871. The van der Waals surface area contributed by atoms with E-state index in [0.29, 0.717) is 0 Å². The van der Waals surface area contributed by atoms with Crippen molar-refractivity contribution in [2.75, 3.05) is 31.1 Å². The second-order valence-electron chi connectivity index (χ2n) is 3.69. The smallest absolute Gasteiger partial charge is 0.188 e. The van der Waals surface area contributed by atoms with Gasteiger partial charge >= 0.3 is 0 Å². The van der Waals surface area contributed by atoms with Crippen LogP contribution in [-0.4, -0.2) is 36.1 Å². The molecule has 84 valence electrons. The maximum atomic E-state index is 4.61. The van der Waals surface area contributed by atoms with Crippen molar-refractivity contribution in [3.8, 4) is 0 Å². The van der Waals surface area contributed by atoms with Crippen molar-refractivity contribution in [3.05, 3.63) is 16.7 Å². The van der Waals surface area contributed by atoms with E-state index in [1.807, 2.05) is 12.1 Å². The summed E-state index contributed by atoms with van der Waals surface area (Å²) in [7, 11) is 0. The Morgan fingerprint density at radius 3 is 2.88 bits per heavy atom. The highest BCUT2D eigenvalue weighted by atomic mass is 79.9. The molecular weight excluding hydrogens is 288 g/mol. The minimum Gasteiger partial charge on any atom is -0.345 e. The molecule has 16 heavy (non-hydrogen) atoms. The van der Waals surface area contributed by atoms with Crippen molar-refractivity contribution in [1.82, 2.24) is 15.3 Å². The minimum absolute atomic E-state index is 0.871. The van der Waals surface area contributed by atoms with E-state index in [1.54, 1.807) is 11.3 Å². The van der Waals surface area contributed by atoms with Crippen LogP contribution in [0.2, 0.25) is 0 Å². The van der Waals surface area contributed by atoms with Crippen LogP contribution in [-0.2, 0) is 0 Å². The van der Waals surface area contributed by atoms with E-state index in [2.05, 4.69) is 36.1 Å². The maximum absolute atomic E-state index is 4.61. The van der Waals surface area contributed by atoms with E-state index in [-0.39, 0.29) is 0 Å². The molecule has 3 rings (SSSR count). The first kappa shape index (κ1) is 10.4. The van der Waals surface area contributed by atoms with Gasteiger partial charge in [-0.05, 0) is 28.1 Å². The molecule has 4 nitrogen and oxygen atoms in total. The first-order chi connectivity index (χ1) is 7.83. The second kappa shape index (κ2) is 4.27. The summed E-state index contributed by atoms with van der Waals surface area (Å²) in [6.07, 6.45) is 0. The molecule has 6 heteroatoms. The monoisotopic (exact) mass is 298 g/mol. The van der Waals surface area contributed by atoms with Crippen LogP contribution in [0, 0.1) is 0 Å². The van der Waals surface area contributed by atoms with E-state index in [0.717, 1.165) is 46.3 Å². The number of fused-ring (bicyclic) bond motifs is 1. The van der Waals surface area contributed by atoms with Crippen molar-refractivity contribution >= 4 is 42.7 Å². The molecule has 0 unspecified atom stereocenters. The Hall–Kier alpha value is -0.720. The van der Waals surface area contributed by atoms with E-state index in [4.69, 9.17) is 0 Å². The molecule has 1 fully saturated rings. The molecule has 0 aromatic carbocycles. The summed E-state index contributed by atoms with van der Waals surface area (Å²) in [6, 6.07) is 3.94. The Labute approximate surface area is 106 Å². The number of pyridine rings is 1. The Bertz CT molecular complexity index is 506. The van der Waals surface area contributed by atoms with Gasteiger partial charge in [0.1, 0.15) is 15.0 Å².